The van der Waals surface area contributed by atoms with Gasteiger partial charge in [0.15, 0.2) is 0 Å². The first-order valence-corrected chi connectivity index (χ1v) is 8.94. The van der Waals surface area contributed by atoms with Crippen LogP contribution in [0.2, 0.25) is 0 Å². The van der Waals surface area contributed by atoms with Crippen LogP contribution in [0.1, 0.15) is 25.8 Å². The number of hydrogen-bond acceptors (Lipinski definition) is 4. The van der Waals surface area contributed by atoms with Crippen LogP contribution in [0.3, 0.4) is 0 Å². The van der Waals surface area contributed by atoms with Gasteiger partial charge in [0.2, 0.25) is 11.8 Å². The summed E-state index contributed by atoms with van der Waals surface area (Å²) in [5, 5.41) is 2.98. The van der Waals surface area contributed by atoms with E-state index in [0.717, 1.165) is 30.8 Å². The molecule has 0 saturated carbocycles. The first-order chi connectivity index (χ1) is 12.0. The Kier molecular flexibility index (Phi) is 7.25. The number of nitrogens with one attached hydrogen (secondary N) is 1. The van der Waals surface area contributed by atoms with Gasteiger partial charge in [-0.05, 0) is 31.0 Å². The van der Waals surface area contributed by atoms with Crippen LogP contribution in [0.25, 0.3) is 0 Å². The summed E-state index contributed by atoms with van der Waals surface area (Å²) in [6, 6.07) is 7.81. The predicted octanol–water partition coefficient (Wildman–Crippen LogP) is 1.30. The van der Waals surface area contributed by atoms with Gasteiger partial charge in [-0.25, -0.2) is 0 Å². The second kappa shape index (κ2) is 9.42. The minimum Gasteiger partial charge on any atom is -0.497 e. The van der Waals surface area contributed by atoms with Gasteiger partial charge in [-0.15, -0.1) is 0 Å². The van der Waals surface area contributed by atoms with Gasteiger partial charge >= 0.3 is 0 Å². The molecule has 1 N–H and O–H groups in total. The van der Waals surface area contributed by atoms with Crippen LogP contribution in [0.5, 0.6) is 5.75 Å². The maximum Gasteiger partial charge on any atom is 0.234 e. The van der Waals surface area contributed by atoms with Crippen LogP contribution in [-0.4, -0.2) is 67.5 Å². The zero-order valence-corrected chi connectivity index (χ0v) is 15.5. The lowest BCUT2D eigenvalue weighted by molar-refractivity contribution is -0.132. The normalized spacial score (nSPS) is 16.4. The lowest BCUT2D eigenvalue weighted by Crippen LogP contribution is -2.52. The SMILES string of the molecule is CCC(C)NC(=O)CN1CCN(C(=O)Cc2cccc(OC)c2)CC1. The Bertz CT molecular complexity index is 583. The van der Waals surface area contributed by atoms with Crippen LogP contribution in [0.4, 0.5) is 0 Å². The summed E-state index contributed by atoms with van der Waals surface area (Å²) in [5.74, 6) is 0.949. The largest absolute Gasteiger partial charge is 0.497 e. The average molecular weight is 347 g/mol. The monoisotopic (exact) mass is 347 g/mol. The van der Waals surface area contributed by atoms with Gasteiger partial charge in [-0.3, -0.25) is 14.5 Å². The van der Waals surface area contributed by atoms with E-state index in [1.165, 1.54) is 0 Å². The molecule has 0 bridgehead atoms. The van der Waals surface area contributed by atoms with Crippen molar-refractivity contribution in [3.05, 3.63) is 29.8 Å². The van der Waals surface area contributed by atoms with Crippen molar-refractivity contribution in [2.24, 2.45) is 0 Å². The van der Waals surface area contributed by atoms with E-state index in [1.807, 2.05) is 36.1 Å². The zero-order valence-electron chi connectivity index (χ0n) is 15.5. The van der Waals surface area contributed by atoms with Gasteiger partial charge in [0, 0.05) is 32.2 Å². The van der Waals surface area contributed by atoms with Crippen molar-refractivity contribution in [3.8, 4) is 5.75 Å². The Morgan fingerprint density at radius 2 is 1.96 bits per heavy atom. The molecule has 0 radical (unpaired) electrons. The molecule has 1 aromatic carbocycles. The summed E-state index contributed by atoms with van der Waals surface area (Å²) in [6.45, 7) is 7.27. The summed E-state index contributed by atoms with van der Waals surface area (Å²) >= 11 is 0. The van der Waals surface area contributed by atoms with Crippen molar-refractivity contribution in [1.29, 1.82) is 0 Å². The molecule has 1 heterocycles. The highest BCUT2D eigenvalue weighted by Gasteiger charge is 2.22. The molecule has 0 aromatic heterocycles. The molecule has 138 valence electrons. The van der Waals surface area contributed by atoms with Crippen LogP contribution in [-0.2, 0) is 16.0 Å². The topological polar surface area (TPSA) is 61.9 Å². The van der Waals surface area contributed by atoms with E-state index in [2.05, 4.69) is 17.1 Å². The molecule has 6 heteroatoms. The van der Waals surface area contributed by atoms with Crippen LogP contribution in [0, 0.1) is 0 Å². The third-order valence-corrected chi connectivity index (χ3v) is 4.60. The number of nitrogens with zero attached hydrogens (tertiary/aromatic N) is 2. The van der Waals surface area contributed by atoms with Gasteiger partial charge in [0.1, 0.15) is 5.75 Å². The summed E-state index contributed by atoms with van der Waals surface area (Å²) in [7, 11) is 1.62. The number of rotatable bonds is 7. The van der Waals surface area contributed by atoms with Gasteiger partial charge in [-0.1, -0.05) is 19.1 Å². The molecule has 0 aliphatic carbocycles. The van der Waals surface area contributed by atoms with Crippen molar-refractivity contribution in [2.45, 2.75) is 32.7 Å². The highest BCUT2D eigenvalue weighted by atomic mass is 16.5. The smallest absolute Gasteiger partial charge is 0.234 e. The highest BCUT2D eigenvalue weighted by molar-refractivity contribution is 5.79. The average Bonchev–Trinajstić information content (AvgIpc) is 2.62. The van der Waals surface area contributed by atoms with E-state index in [1.54, 1.807) is 7.11 Å². The summed E-state index contributed by atoms with van der Waals surface area (Å²) < 4.78 is 5.20. The van der Waals surface area contributed by atoms with Crippen LogP contribution in [0.15, 0.2) is 24.3 Å². The van der Waals surface area contributed by atoms with Crippen molar-refractivity contribution >= 4 is 11.8 Å². The van der Waals surface area contributed by atoms with E-state index >= 15 is 0 Å². The Balaban J connectivity index is 1.77. The molecule has 2 rings (SSSR count). The second-order valence-corrected chi connectivity index (χ2v) is 6.56. The fraction of sp³-hybridized carbons (Fsp3) is 0.579. The molecule has 1 fully saturated rings. The van der Waals surface area contributed by atoms with Crippen molar-refractivity contribution in [3.63, 3.8) is 0 Å². The fourth-order valence-electron chi connectivity index (χ4n) is 2.85. The number of methoxy groups -OCH3 is 1. The minimum atomic E-state index is 0.0607. The number of hydrogen-bond donors (Lipinski definition) is 1. The molecule has 1 aliphatic heterocycles. The first-order valence-electron chi connectivity index (χ1n) is 8.94. The maximum atomic E-state index is 12.5. The maximum absolute atomic E-state index is 12.5. The standard InChI is InChI=1S/C19H29N3O3/c1-4-15(2)20-18(23)14-21-8-10-22(11-9-21)19(24)13-16-6-5-7-17(12-16)25-3/h5-7,12,15H,4,8-11,13-14H2,1-3H3,(H,20,23). The van der Waals surface area contributed by atoms with Gasteiger partial charge in [-0.2, -0.15) is 0 Å². The minimum absolute atomic E-state index is 0.0607. The third kappa shape index (κ3) is 6.05. The number of ether oxygens (including phenoxy) is 1. The quantitative estimate of drug-likeness (QED) is 0.808. The molecule has 25 heavy (non-hydrogen) atoms. The lowest BCUT2D eigenvalue weighted by Gasteiger charge is -2.34. The number of amides is 2. The summed E-state index contributed by atoms with van der Waals surface area (Å²) in [5.41, 5.74) is 0.958. The number of benzene rings is 1. The van der Waals surface area contributed by atoms with E-state index in [0.29, 0.717) is 26.1 Å². The van der Waals surface area contributed by atoms with Crippen LogP contribution >= 0.6 is 0 Å². The van der Waals surface area contributed by atoms with E-state index in [4.69, 9.17) is 4.74 Å². The molecule has 1 atom stereocenters. The number of piperazine rings is 1. The molecule has 2 amide bonds. The van der Waals surface area contributed by atoms with Gasteiger partial charge in [0.25, 0.3) is 0 Å². The van der Waals surface area contributed by atoms with Crippen molar-refractivity contribution in [1.82, 2.24) is 15.1 Å². The fourth-order valence-corrected chi connectivity index (χ4v) is 2.85. The zero-order chi connectivity index (χ0) is 18.2. The number of carbonyl (C=O) groups excluding carboxylic acids is 2. The van der Waals surface area contributed by atoms with Crippen LogP contribution < -0.4 is 10.1 Å². The molecular formula is C19H29N3O3. The molecule has 1 aliphatic rings. The first kappa shape index (κ1) is 19.2. The van der Waals surface area contributed by atoms with E-state index < -0.39 is 0 Å². The summed E-state index contributed by atoms with van der Waals surface area (Å²) in [6.07, 6.45) is 1.31. The Hall–Kier alpha value is -2.08. The second-order valence-electron chi connectivity index (χ2n) is 6.56. The summed E-state index contributed by atoms with van der Waals surface area (Å²) in [4.78, 5) is 28.4. The molecule has 0 spiro atoms. The van der Waals surface area contributed by atoms with Crippen molar-refractivity contribution in [2.75, 3.05) is 39.8 Å². The Morgan fingerprint density at radius 3 is 2.60 bits per heavy atom. The predicted molar refractivity (Wildman–Crippen MR) is 97.6 cm³/mol. The Morgan fingerprint density at radius 1 is 1.24 bits per heavy atom. The van der Waals surface area contributed by atoms with Gasteiger partial charge in [0.05, 0.1) is 20.1 Å². The molecule has 1 unspecified atom stereocenters. The molecule has 1 aromatic rings. The molecule has 6 nitrogen and oxygen atoms in total. The van der Waals surface area contributed by atoms with E-state index in [9.17, 15) is 9.59 Å². The lowest BCUT2D eigenvalue weighted by atomic mass is 10.1. The Labute approximate surface area is 150 Å². The molecule has 1 saturated heterocycles. The highest BCUT2D eigenvalue weighted by Crippen LogP contribution is 2.14. The number of carbonyl (C=O) groups is 2. The van der Waals surface area contributed by atoms with Gasteiger partial charge < -0.3 is 15.0 Å². The van der Waals surface area contributed by atoms with E-state index in [-0.39, 0.29) is 17.9 Å². The third-order valence-electron chi connectivity index (χ3n) is 4.60. The van der Waals surface area contributed by atoms with Crippen molar-refractivity contribution < 1.29 is 14.3 Å². The molecular weight excluding hydrogens is 318 g/mol.